The minimum absolute atomic E-state index is 0. The van der Waals surface area contributed by atoms with E-state index in [9.17, 15) is 9.59 Å². The molecule has 8 heteroatoms. The fraction of sp³-hybridized carbons (Fsp3) is 0.0769. The molecule has 0 radical (unpaired) electrons. The van der Waals surface area contributed by atoms with E-state index in [1.807, 2.05) is 94.6 Å². The van der Waals surface area contributed by atoms with Gasteiger partial charge in [0.2, 0.25) is 0 Å². The van der Waals surface area contributed by atoms with Crippen molar-refractivity contribution in [2.24, 2.45) is 0 Å². The number of rotatable bonds is 6. The van der Waals surface area contributed by atoms with Gasteiger partial charge in [-0.2, -0.15) is 0 Å². The second-order valence-corrected chi connectivity index (χ2v) is 7.10. The predicted molar refractivity (Wildman–Crippen MR) is 118 cm³/mol. The van der Waals surface area contributed by atoms with Gasteiger partial charge in [-0.15, -0.1) is 0 Å². The second-order valence-electron chi connectivity index (χ2n) is 7.10. The highest BCUT2D eigenvalue weighted by Gasteiger charge is 2.05. The van der Waals surface area contributed by atoms with Crippen LogP contribution in [0.15, 0.2) is 110 Å². The highest BCUT2D eigenvalue weighted by Crippen LogP contribution is 2.05. The first kappa shape index (κ1) is 28.3. The SMILES string of the molecule is O=C(O)c1ccc(C[n+]2ccccc2)cc1.O=C(O)c1ccc(C[n+]2ccccc2)cc1.[Cl-].[Cl-]. The Bertz CT molecular complexity index is 1060. The molecule has 0 atom stereocenters. The van der Waals surface area contributed by atoms with E-state index in [0.29, 0.717) is 11.1 Å². The second kappa shape index (κ2) is 14.4. The lowest BCUT2D eigenvalue weighted by molar-refractivity contribution is -0.688. The predicted octanol–water partition coefficient (Wildman–Crippen LogP) is -2.55. The zero-order valence-electron chi connectivity index (χ0n) is 18.2. The molecular weight excluding hydrogens is 475 g/mol. The van der Waals surface area contributed by atoms with Gasteiger partial charge in [-0.25, -0.2) is 18.7 Å². The Morgan fingerprint density at radius 1 is 0.529 bits per heavy atom. The van der Waals surface area contributed by atoms with Crippen LogP contribution in [0.25, 0.3) is 0 Å². The van der Waals surface area contributed by atoms with Crippen molar-refractivity contribution in [1.82, 2.24) is 0 Å². The Balaban J connectivity index is 0.000000321. The molecule has 4 aromatic rings. The number of aromatic nitrogens is 2. The van der Waals surface area contributed by atoms with Crippen LogP contribution in [-0.4, -0.2) is 22.2 Å². The first-order valence-electron chi connectivity index (χ1n) is 10.0. The van der Waals surface area contributed by atoms with Gasteiger partial charge in [-0.3, -0.25) is 0 Å². The Morgan fingerprint density at radius 2 is 0.824 bits per heavy atom. The molecule has 2 heterocycles. The first-order chi connectivity index (χ1) is 15.5. The van der Waals surface area contributed by atoms with Crippen molar-refractivity contribution in [3.8, 4) is 0 Å². The lowest BCUT2D eigenvalue weighted by Crippen LogP contribution is -3.00. The van der Waals surface area contributed by atoms with Crippen LogP contribution in [0.4, 0.5) is 0 Å². The van der Waals surface area contributed by atoms with Crippen LogP contribution in [-0.2, 0) is 13.1 Å². The number of carboxylic acids is 2. The Morgan fingerprint density at radius 3 is 1.09 bits per heavy atom. The molecule has 2 N–H and O–H groups in total. The van der Waals surface area contributed by atoms with Gasteiger partial charge in [0.1, 0.15) is 0 Å². The van der Waals surface area contributed by atoms with Gasteiger partial charge in [0.05, 0.1) is 11.1 Å². The van der Waals surface area contributed by atoms with E-state index in [4.69, 9.17) is 10.2 Å². The van der Waals surface area contributed by atoms with Crippen LogP contribution in [0.1, 0.15) is 31.8 Å². The maximum absolute atomic E-state index is 10.7. The van der Waals surface area contributed by atoms with Crippen molar-refractivity contribution in [1.29, 1.82) is 0 Å². The van der Waals surface area contributed by atoms with E-state index in [1.165, 1.54) is 0 Å². The van der Waals surface area contributed by atoms with E-state index < -0.39 is 11.9 Å². The van der Waals surface area contributed by atoms with Crippen LogP contribution >= 0.6 is 0 Å². The van der Waals surface area contributed by atoms with Crippen LogP contribution < -0.4 is 33.9 Å². The summed E-state index contributed by atoms with van der Waals surface area (Å²) in [5, 5.41) is 17.5. The smallest absolute Gasteiger partial charge is 0.335 e. The standard InChI is InChI=1S/2C13H11NO2.2ClH/c2*15-13(16)12-6-4-11(5-7-12)10-14-8-2-1-3-9-14;;/h2*1-9H,10H2;2*1H. The molecule has 4 rings (SSSR count). The van der Waals surface area contributed by atoms with Gasteiger partial charge in [-0.1, -0.05) is 36.4 Å². The zero-order chi connectivity index (χ0) is 22.8. The third kappa shape index (κ3) is 9.02. The number of hydrogen-bond acceptors (Lipinski definition) is 2. The normalized spacial score (nSPS) is 9.41. The molecule has 0 aliphatic carbocycles. The van der Waals surface area contributed by atoms with E-state index in [1.54, 1.807) is 24.3 Å². The maximum atomic E-state index is 10.7. The van der Waals surface area contributed by atoms with Crippen molar-refractivity contribution in [3.63, 3.8) is 0 Å². The molecule has 0 unspecified atom stereocenters. The summed E-state index contributed by atoms with van der Waals surface area (Å²) in [5.74, 6) is -1.78. The molecular formula is C26H24Cl2N2O4. The number of nitrogens with zero attached hydrogens (tertiary/aromatic N) is 2. The van der Waals surface area contributed by atoms with Crippen molar-refractivity contribution < 1.29 is 53.8 Å². The summed E-state index contributed by atoms with van der Waals surface area (Å²) in [6, 6.07) is 25.6. The van der Waals surface area contributed by atoms with E-state index in [0.717, 1.165) is 24.2 Å². The third-order valence-corrected chi connectivity index (χ3v) is 4.69. The van der Waals surface area contributed by atoms with Crippen molar-refractivity contribution >= 4 is 11.9 Å². The van der Waals surface area contributed by atoms with Crippen LogP contribution in [0.3, 0.4) is 0 Å². The Hall–Kier alpha value is -3.74. The van der Waals surface area contributed by atoms with Gasteiger partial charge in [0.25, 0.3) is 0 Å². The number of carboxylic acid groups (broad SMARTS) is 2. The highest BCUT2D eigenvalue weighted by atomic mass is 35.5. The van der Waals surface area contributed by atoms with Crippen molar-refractivity contribution in [3.05, 3.63) is 132 Å². The van der Waals surface area contributed by atoms with Gasteiger partial charge >= 0.3 is 11.9 Å². The molecule has 0 bridgehead atoms. The average Bonchev–Trinajstić information content (AvgIpc) is 2.82. The summed E-state index contributed by atoms with van der Waals surface area (Å²) in [5.41, 5.74) is 2.81. The highest BCUT2D eigenvalue weighted by molar-refractivity contribution is 5.87. The molecule has 6 nitrogen and oxygen atoms in total. The summed E-state index contributed by atoms with van der Waals surface area (Å²) in [6.07, 6.45) is 7.91. The number of halogens is 2. The van der Waals surface area contributed by atoms with Crippen LogP contribution in [0, 0.1) is 0 Å². The molecule has 2 aromatic heterocycles. The van der Waals surface area contributed by atoms with Crippen molar-refractivity contribution in [2.75, 3.05) is 0 Å². The molecule has 0 fully saturated rings. The van der Waals surface area contributed by atoms with Gasteiger partial charge in [-0.05, 0) is 24.3 Å². The summed E-state index contributed by atoms with van der Waals surface area (Å²) < 4.78 is 4.07. The molecule has 34 heavy (non-hydrogen) atoms. The molecule has 0 aliphatic heterocycles. The Labute approximate surface area is 210 Å². The Kier molecular flexibility index (Phi) is 12.0. The van der Waals surface area contributed by atoms with E-state index in [2.05, 4.69) is 0 Å². The minimum atomic E-state index is -0.890. The number of hydrogen-bond donors (Lipinski definition) is 2. The molecule has 0 saturated heterocycles. The maximum Gasteiger partial charge on any atom is 0.335 e. The lowest BCUT2D eigenvalue weighted by Gasteiger charge is -1.98. The molecule has 2 aromatic carbocycles. The summed E-state index contributed by atoms with van der Waals surface area (Å²) >= 11 is 0. The van der Waals surface area contributed by atoms with Gasteiger partial charge in [0.15, 0.2) is 37.9 Å². The van der Waals surface area contributed by atoms with Gasteiger partial charge < -0.3 is 35.0 Å². The third-order valence-electron chi connectivity index (χ3n) is 4.69. The van der Waals surface area contributed by atoms with E-state index >= 15 is 0 Å². The average molecular weight is 499 g/mol. The minimum Gasteiger partial charge on any atom is -1.00 e. The monoisotopic (exact) mass is 498 g/mol. The first-order valence-corrected chi connectivity index (χ1v) is 10.0. The number of aromatic carboxylic acids is 2. The van der Waals surface area contributed by atoms with Crippen LogP contribution in [0.5, 0.6) is 0 Å². The quantitative estimate of drug-likeness (QED) is 0.287. The molecule has 176 valence electrons. The molecule has 0 saturated carbocycles. The molecule has 0 spiro atoms. The van der Waals surface area contributed by atoms with Crippen LogP contribution in [0.2, 0.25) is 0 Å². The number of benzene rings is 2. The van der Waals surface area contributed by atoms with Crippen molar-refractivity contribution in [2.45, 2.75) is 13.1 Å². The molecule has 0 aliphatic rings. The summed E-state index contributed by atoms with van der Waals surface area (Å²) in [7, 11) is 0. The number of carbonyl (C=O) groups is 2. The fourth-order valence-electron chi connectivity index (χ4n) is 3.01. The fourth-order valence-corrected chi connectivity index (χ4v) is 3.01. The zero-order valence-corrected chi connectivity index (χ0v) is 19.7. The van der Waals surface area contributed by atoms with E-state index in [-0.39, 0.29) is 24.8 Å². The molecule has 0 amide bonds. The number of pyridine rings is 2. The topological polar surface area (TPSA) is 82.4 Å². The van der Waals surface area contributed by atoms with Gasteiger partial charge in [0, 0.05) is 35.4 Å². The largest absolute Gasteiger partial charge is 1.00 e. The lowest BCUT2D eigenvalue weighted by atomic mass is 10.1. The summed E-state index contributed by atoms with van der Waals surface area (Å²) in [6.45, 7) is 1.50. The summed E-state index contributed by atoms with van der Waals surface area (Å²) in [4.78, 5) is 21.3.